The number of amides is 1. The van der Waals surface area contributed by atoms with E-state index in [0.29, 0.717) is 19.7 Å². The first-order chi connectivity index (χ1) is 9.30. The minimum atomic E-state index is -0.608. The zero-order valence-electron chi connectivity index (χ0n) is 13.1. The molecule has 1 amide bonds. The number of rotatable bonds is 5. The Balaban J connectivity index is 2.60. The van der Waals surface area contributed by atoms with Gasteiger partial charge >= 0.3 is 5.97 Å². The van der Waals surface area contributed by atoms with Crippen molar-refractivity contribution in [1.29, 1.82) is 0 Å². The first-order valence-corrected chi connectivity index (χ1v) is 7.06. The van der Waals surface area contributed by atoms with E-state index in [4.69, 9.17) is 4.74 Å². The lowest BCUT2D eigenvalue weighted by Gasteiger charge is -2.36. The van der Waals surface area contributed by atoms with Gasteiger partial charge in [0.2, 0.25) is 5.91 Å². The van der Waals surface area contributed by atoms with Gasteiger partial charge in [0.05, 0.1) is 19.8 Å². The van der Waals surface area contributed by atoms with Gasteiger partial charge in [0, 0.05) is 18.6 Å². The summed E-state index contributed by atoms with van der Waals surface area (Å²) >= 11 is 0. The second-order valence-corrected chi connectivity index (χ2v) is 5.78. The van der Waals surface area contributed by atoms with Crippen molar-refractivity contribution in [3.05, 3.63) is 0 Å². The predicted molar refractivity (Wildman–Crippen MR) is 75.3 cm³/mol. The molecule has 0 aromatic rings. The van der Waals surface area contributed by atoms with E-state index < -0.39 is 12.1 Å². The van der Waals surface area contributed by atoms with Crippen LogP contribution in [0.4, 0.5) is 0 Å². The first-order valence-electron chi connectivity index (χ1n) is 7.06. The maximum atomic E-state index is 12.3. The number of nitrogens with one attached hydrogen (secondary N) is 1. The molecule has 6 nitrogen and oxygen atoms in total. The van der Waals surface area contributed by atoms with E-state index >= 15 is 0 Å². The average Bonchev–Trinajstić information content (AvgIpc) is 2.45. The van der Waals surface area contributed by atoms with Crippen LogP contribution in [-0.2, 0) is 19.1 Å². The van der Waals surface area contributed by atoms with Crippen molar-refractivity contribution in [2.75, 3.05) is 26.8 Å². The van der Waals surface area contributed by atoms with Crippen LogP contribution in [0.2, 0.25) is 0 Å². The lowest BCUT2D eigenvalue weighted by molar-refractivity contribution is -0.162. The minimum Gasteiger partial charge on any atom is -0.467 e. The highest BCUT2D eigenvalue weighted by Gasteiger charge is 2.33. The molecule has 2 atom stereocenters. The zero-order valence-corrected chi connectivity index (χ0v) is 13.1. The molecule has 1 rings (SSSR count). The molecule has 1 N–H and O–H groups in total. The van der Waals surface area contributed by atoms with Crippen LogP contribution in [0.15, 0.2) is 0 Å². The van der Waals surface area contributed by atoms with Gasteiger partial charge in [0.15, 0.2) is 6.10 Å². The van der Waals surface area contributed by atoms with Crippen molar-refractivity contribution in [1.82, 2.24) is 10.2 Å². The fourth-order valence-corrected chi connectivity index (χ4v) is 1.99. The van der Waals surface area contributed by atoms with Gasteiger partial charge in [-0.2, -0.15) is 0 Å². The van der Waals surface area contributed by atoms with E-state index in [1.807, 2.05) is 32.6 Å². The number of esters is 1. The van der Waals surface area contributed by atoms with Crippen molar-refractivity contribution >= 4 is 11.9 Å². The van der Waals surface area contributed by atoms with Crippen LogP contribution in [0.25, 0.3) is 0 Å². The number of ether oxygens (including phenoxy) is 2. The third-order valence-corrected chi connectivity index (χ3v) is 3.83. The molecule has 0 aromatic carbocycles. The van der Waals surface area contributed by atoms with Crippen LogP contribution in [0.5, 0.6) is 0 Å². The number of carbonyl (C=O) groups is 2. The molecular formula is C14H26N2O4. The SMILES string of the molecule is CCC(C)(C)NC(=O)C(C)N1CCOC(C(=O)OC)C1. The summed E-state index contributed by atoms with van der Waals surface area (Å²) < 4.78 is 10.1. The fourth-order valence-electron chi connectivity index (χ4n) is 1.99. The largest absolute Gasteiger partial charge is 0.467 e. The van der Waals surface area contributed by atoms with Crippen molar-refractivity contribution in [2.45, 2.75) is 51.8 Å². The molecule has 1 aliphatic heterocycles. The molecule has 0 spiro atoms. The third-order valence-electron chi connectivity index (χ3n) is 3.83. The Labute approximate surface area is 120 Å². The highest BCUT2D eigenvalue weighted by molar-refractivity contribution is 5.82. The molecule has 1 heterocycles. The van der Waals surface area contributed by atoms with Gasteiger partial charge in [-0.05, 0) is 27.2 Å². The Bertz CT molecular complexity index is 357. The molecule has 0 bridgehead atoms. The smallest absolute Gasteiger partial charge is 0.336 e. The topological polar surface area (TPSA) is 67.9 Å². The molecular weight excluding hydrogens is 260 g/mol. The summed E-state index contributed by atoms with van der Waals surface area (Å²) in [5.74, 6) is -0.418. The van der Waals surface area contributed by atoms with E-state index in [2.05, 4.69) is 10.1 Å². The quantitative estimate of drug-likeness (QED) is 0.748. The second kappa shape index (κ2) is 7.04. The molecule has 6 heteroatoms. The van der Waals surface area contributed by atoms with Gasteiger partial charge in [-0.3, -0.25) is 9.69 Å². The van der Waals surface area contributed by atoms with Crippen LogP contribution in [0, 0.1) is 0 Å². The zero-order chi connectivity index (χ0) is 15.3. The first kappa shape index (κ1) is 16.9. The van der Waals surface area contributed by atoms with E-state index in [1.165, 1.54) is 7.11 Å². The second-order valence-electron chi connectivity index (χ2n) is 5.78. The fraction of sp³-hybridized carbons (Fsp3) is 0.857. The van der Waals surface area contributed by atoms with Crippen molar-refractivity contribution in [3.8, 4) is 0 Å². The Morgan fingerprint density at radius 1 is 1.50 bits per heavy atom. The standard InChI is InChI=1S/C14H26N2O4/c1-6-14(3,4)15-12(17)10(2)16-7-8-20-11(9-16)13(18)19-5/h10-11H,6-9H2,1-5H3,(H,15,17). The van der Waals surface area contributed by atoms with Crippen LogP contribution < -0.4 is 5.32 Å². The molecule has 1 saturated heterocycles. The maximum Gasteiger partial charge on any atom is 0.336 e. The third kappa shape index (κ3) is 4.45. The van der Waals surface area contributed by atoms with Crippen LogP contribution in [0.1, 0.15) is 34.1 Å². The normalized spacial score (nSPS) is 22.1. The summed E-state index contributed by atoms with van der Waals surface area (Å²) in [6, 6.07) is -0.295. The van der Waals surface area contributed by atoms with Crippen molar-refractivity contribution in [2.24, 2.45) is 0 Å². The van der Waals surface area contributed by atoms with E-state index in [0.717, 1.165) is 6.42 Å². The van der Waals surface area contributed by atoms with Gasteiger partial charge in [0.1, 0.15) is 0 Å². The van der Waals surface area contributed by atoms with Gasteiger partial charge in [0.25, 0.3) is 0 Å². The molecule has 1 fully saturated rings. The monoisotopic (exact) mass is 286 g/mol. The Kier molecular flexibility index (Phi) is 5.95. The van der Waals surface area contributed by atoms with Gasteiger partial charge in [-0.15, -0.1) is 0 Å². The molecule has 20 heavy (non-hydrogen) atoms. The number of morpholine rings is 1. The lowest BCUT2D eigenvalue weighted by Crippen LogP contribution is -2.56. The lowest BCUT2D eigenvalue weighted by atomic mass is 10.0. The van der Waals surface area contributed by atoms with Crippen molar-refractivity contribution < 1.29 is 19.1 Å². The molecule has 0 saturated carbocycles. The summed E-state index contributed by atoms with van der Waals surface area (Å²) in [7, 11) is 1.34. The average molecular weight is 286 g/mol. The Morgan fingerprint density at radius 2 is 2.15 bits per heavy atom. The highest BCUT2D eigenvalue weighted by Crippen LogP contribution is 2.13. The summed E-state index contributed by atoms with van der Waals surface area (Å²) in [5, 5.41) is 3.02. The van der Waals surface area contributed by atoms with Gasteiger partial charge < -0.3 is 14.8 Å². The summed E-state index contributed by atoms with van der Waals surface area (Å²) in [4.78, 5) is 25.7. The Morgan fingerprint density at radius 3 is 2.70 bits per heavy atom. The maximum absolute atomic E-state index is 12.3. The molecule has 116 valence electrons. The molecule has 1 aliphatic rings. The number of methoxy groups -OCH3 is 1. The van der Waals surface area contributed by atoms with E-state index in [9.17, 15) is 9.59 Å². The number of carbonyl (C=O) groups excluding carboxylic acids is 2. The molecule has 2 unspecified atom stereocenters. The summed E-state index contributed by atoms with van der Waals surface area (Å²) in [6.07, 6.45) is 0.252. The van der Waals surface area contributed by atoms with Crippen LogP contribution in [0.3, 0.4) is 0 Å². The highest BCUT2D eigenvalue weighted by atomic mass is 16.6. The molecule has 0 radical (unpaired) electrons. The minimum absolute atomic E-state index is 0.0256. The van der Waals surface area contributed by atoms with E-state index in [-0.39, 0.29) is 17.5 Å². The van der Waals surface area contributed by atoms with Crippen molar-refractivity contribution in [3.63, 3.8) is 0 Å². The Hall–Kier alpha value is -1.14. The predicted octanol–water partition coefficient (Wildman–Crippen LogP) is 0.554. The number of hydrogen-bond acceptors (Lipinski definition) is 5. The summed E-state index contributed by atoms with van der Waals surface area (Å²) in [5.41, 5.74) is -0.223. The van der Waals surface area contributed by atoms with Crippen LogP contribution in [-0.4, -0.2) is 61.3 Å². The molecule has 0 aliphatic carbocycles. The number of nitrogens with zero attached hydrogens (tertiary/aromatic N) is 1. The summed E-state index contributed by atoms with van der Waals surface area (Å²) in [6.45, 7) is 9.31. The van der Waals surface area contributed by atoms with E-state index in [1.54, 1.807) is 0 Å². The molecule has 0 aromatic heterocycles. The van der Waals surface area contributed by atoms with Gasteiger partial charge in [-0.25, -0.2) is 4.79 Å². The number of hydrogen-bond donors (Lipinski definition) is 1. The van der Waals surface area contributed by atoms with Crippen LogP contribution >= 0.6 is 0 Å². The van der Waals surface area contributed by atoms with Gasteiger partial charge in [-0.1, -0.05) is 6.92 Å².